The Balaban J connectivity index is 0.889. The monoisotopic (exact) mass is 798 g/mol. The number of hydrogen-bond donors (Lipinski definition) is 1. The molecule has 3 saturated heterocycles. The van der Waals surface area contributed by atoms with E-state index in [0.29, 0.717) is 39.5 Å². The zero-order chi connectivity index (χ0) is 39.1. The second kappa shape index (κ2) is 14.2. The van der Waals surface area contributed by atoms with Crippen LogP contribution in [0.5, 0.6) is 0 Å². The Morgan fingerprint density at radius 3 is 2.25 bits per heavy atom. The molecule has 56 heavy (non-hydrogen) atoms. The fraction of sp³-hybridized carbons (Fsp3) is 0.500. The quantitative estimate of drug-likeness (QED) is 0.188. The van der Waals surface area contributed by atoms with Crippen molar-refractivity contribution in [1.29, 1.82) is 0 Å². The molecule has 4 aliphatic rings. The second-order valence-electron chi connectivity index (χ2n) is 16.9. The summed E-state index contributed by atoms with van der Waals surface area (Å²) in [5, 5.41) is 11.6. The van der Waals surface area contributed by atoms with Gasteiger partial charge in [-0.25, -0.2) is 4.98 Å². The van der Waals surface area contributed by atoms with Crippen molar-refractivity contribution in [3.63, 3.8) is 0 Å². The minimum atomic E-state index is -0.475. The summed E-state index contributed by atoms with van der Waals surface area (Å²) in [6.45, 7) is 13.0. The topological polar surface area (TPSA) is 113 Å². The van der Waals surface area contributed by atoms with E-state index in [9.17, 15) is 4.79 Å². The molecule has 0 aliphatic carbocycles. The number of carbonyl (C=O) groups is 1. The molecule has 13 nitrogen and oxygen atoms in total. The molecule has 0 bridgehead atoms. The van der Waals surface area contributed by atoms with Gasteiger partial charge in [0.15, 0.2) is 0 Å². The summed E-state index contributed by atoms with van der Waals surface area (Å²) < 4.78 is 16.6. The first-order chi connectivity index (χ1) is 26.8. The summed E-state index contributed by atoms with van der Waals surface area (Å²) >= 11 is 14.0. The van der Waals surface area contributed by atoms with Crippen LogP contribution in [0.1, 0.15) is 81.4 Å². The number of amides is 1. The molecule has 0 radical (unpaired) electrons. The third kappa shape index (κ3) is 6.61. The van der Waals surface area contributed by atoms with Crippen molar-refractivity contribution in [2.75, 3.05) is 56.7 Å². The van der Waals surface area contributed by atoms with Gasteiger partial charge in [0, 0.05) is 50.7 Å². The maximum Gasteiger partial charge on any atom is 0.516 e. The van der Waals surface area contributed by atoms with Gasteiger partial charge in [0.25, 0.3) is 5.91 Å². The maximum absolute atomic E-state index is 14.3. The highest BCUT2D eigenvalue weighted by atomic mass is 35.5. The minimum Gasteiger partial charge on any atom is -0.398 e. The Kier molecular flexibility index (Phi) is 9.53. The summed E-state index contributed by atoms with van der Waals surface area (Å²) in [6.07, 6.45) is 9.80. The number of fused-ring (bicyclic) bond motifs is 3. The largest absolute Gasteiger partial charge is 0.516 e. The van der Waals surface area contributed by atoms with Crippen LogP contribution in [0, 0.1) is 0 Å². The number of piperidine rings is 2. The number of anilines is 2. The van der Waals surface area contributed by atoms with Gasteiger partial charge < -0.3 is 24.1 Å². The van der Waals surface area contributed by atoms with Crippen molar-refractivity contribution < 1.29 is 14.1 Å². The van der Waals surface area contributed by atoms with Crippen LogP contribution in [0.15, 0.2) is 48.9 Å². The number of rotatable bonds is 7. The first kappa shape index (κ1) is 37.7. The average Bonchev–Trinajstić information content (AvgIpc) is 3.98. The molecular weight excluding hydrogens is 750 g/mol. The lowest BCUT2D eigenvalue weighted by atomic mass is 9.85. The Hall–Kier alpha value is -3.92. The molecule has 1 aromatic carbocycles. The molecule has 16 heteroatoms. The Morgan fingerprint density at radius 2 is 1.54 bits per heavy atom. The normalized spacial score (nSPS) is 21.1. The van der Waals surface area contributed by atoms with Crippen LogP contribution in [0.2, 0.25) is 10.0 Å². The fourth-order valence-corrected chi connectivity index (χ4v) is 9.19. The van der Waals surface area contributed by atoms with Crippen molar-refractivity contribution in [2.24, 2.45) is 0 Å². The van der Waals surface area contributed by atoms with Crippen LogP contribution in [0.25, 0.3) is 22.4 Å². The molecule has 3 fully saturated rings. The molecule has 8 heterocycles. The summed E-state index contributed by atoms with van der Waals surface area (Å²) in [7, 11) is 3.67. The number of aromatic amines is 1. The molecule has 4 aliphatic heterocycles. The second-order valence-corrected chi connectivity index (χ2v) is 17.7. The summed E-state index contributed by atoms with van der Waals surface area (Å²) in [4.78, 5) is 30.9. The molecule has 4 aromatic heterocycles. The van der Waals surface area contributed by atoms with Crippen LogP contribution in [-0.2, 0) is 15.9 Å². The predicted octanol–water partition coefficient (Wildman–Crippen LogP) is 6.39. The Bertz CT molecular complexity index is 2270. The van der Waals surface area contributed by atoms with Gasteiger partial charge in [-0.05, 0) is 103 Å². The van der Waals surface area contributed by atoms with E-state index in [0.717, 1.165) is 85.5 Å². The smallest absolute Gasteiger partial charge is 0.398 e. The molecule has 0 atom stereocenters. The Morgan fingerprint density at radius 1 is 0.875 bits per heavy atom. The highest BCUT2D eigenvalue weighted by Gasteiger charge is 2.52. The van der Waals surface area contributed by atoms with Gasteiger partial charge >= 0.3 is 7.12 Å². The number of benzene rings is 1. The number of carbonyl (C=O) groups excluding carboxylic acids is 1. The first-order valence-electron chi connectivity index (χ1n) is 19.6. The van der Waals surface area contributed by atoms with E-state index in [1.807, 2.05) is 37.5 Å². The fourth-order valence-electron chi connectivity index (χ4n) is 8.56. The van der Waals surface area contributed by atoms with E-state index < -0.39 is 18.3 Å². The van der Waals surface area contributed by atoms with Crippen LogP contribution in [0.3, 0.4) is 0 Å². The highest BCUT2D eigenvalue weighted by Crippen LogP contribution is 2.43. The molecule has 1 N–H and O–H groups in total. The van der Waals surface area contributed by atoms with Crippen molar-refractivity contribution in [3.8, 4) is 11.4 Å². The standard InChI is InChI=1S/C40H49BCl2N10O3/c1-39(2)40(3,4)56-41(55-39)33-14-20-53(47-33)27-11-17-50(18-12-27)23-25-7-8-30(42)36(34(25)43)51-24-49(6)35-28-21-32(45-37(28)44-22-29(35)38(51)54)31-13-19-52(46-31)26-9-15-48(5)16-10-26/h7-8,13-14,19-22,26-27H,9-12,15-18,23-24H2,1-6H3,(H,44,45). The van der Waals surface area contributed by atoms with Gasteiger partial charge in [-0.1, -0.05) is 29.3 Å². The van der Waals surface area contributed by atoms with E-state index in [1.54, 1.807) is 11.1 Å². The number of H-pyrrole nitrogens is 1. The van der Waals surface area contributed by atoms with Crippen molar-refractivity contribution in [3.05, 3.63) is 70.1 Å². The molecule has 0 unspecified atom stereocenters. The number of pyridine rings is 1. The number of hydrogen-bond acceptors (Lipinski definition) is 9. The van der Waals surface area contributed by atoms with Gasteiger partial charge in [0.2, 0.25) is 0 Å². The number of nitrogens with zero attached hydrogens (tertiary/aromatic N) is 9. The molecule has 0 saturated carbocycles. The lowest BCUT2D eigenvalue weighted by Gasteiger charge is -2.37. The van der Waals surface area contributed by atoms with Crippen LogP contribution >= 0.6 is 23.2 Å². The third-order valence-electron chi connectivity index (χ3n) is 12.7. The first-order valence-corrected chi connectivity index (χ1v) is 20.4. The van der Waals surface area contributed by atoms with Gasteiger partial charge in [-0.2, -0.15) is 10.2 Å². The van der Waals surface area contributed by atoms with Gasteiger partial charge in [0.1, 0.15) is 11.3 Å². The SMILES string of the molecule is CN1CCC(n2ccc(-c3cc4c5c(cnc4[nH]3)C(=O)N(c3c(Cl)ccc(CN4CCC(n6ccc(B7OC(C)(C)C(C)(C)O7)n6)CC4)c3Cl)CN5C)n2)CC1. The number of halogens is 2. The minimum absolute atomic E-state index is 0.192. The number of aromatic nitrogens is 6. The molecule has 294 valence electrons. The van der Waals surface area contributed by atoms with Gasteiger partial charge in [-0.15, -0.1) is 0 Å². The number of nitrogens with one attached hydrogen (secondary N) is 1. The van der Waals surface area contributed by atoms with Gasteiger partial charge in [0.05, 0.1) is 68.2 Å². The molecule has 5 aromatic rings. The zero-order valence-corrected chi connectivity index (χ0v) is 34.4. The van der Waals surface area contributed by atoms with Gasteiger partial charge in [-0.3, -0.25) is 24.0 Å². The van der Waals surface area contributed by atoms with Crippen molar-refractivity contribution >= 4 is 64.2 Å². The van der Waals surface area contributed by atoms with E-state index in [2.05, 4.69) is 76.1 Å². The summed E-state index contributed by atoms with van der Waals surface area (Å²) in [6, 6.07) is 10.6. The van der Waals surface area contributed by atoms with Crippen LogP contribution in [0.4, 0.5) is 11.4 Å². The Labute approximate surface area is 337 Å². The lowest BCUT2D eigenvalue weighted by Crippen LogP contribution is -2.45. The number of likely N-dealkylation sites (tertiary alicyclic amines) is 2. The maximum atomic E-state index is 14.3. The average molecular weight is 800 g/mol. The highest BCUT2D eigenvalue weighted by molar-refractivity contribution is 6.61. The molecular formula is C40H49BCl2N10O3. The summed E-state index contributed by atoms with van der Waals surface area (Å²) in [5.74, 6) is -0.192. The van der Waals surface area contributed by atoms with Crippen molar-refractivity contribution in [1.82, 2.24) is 39.3 Å². The van der Waals surface area contributed by atoms with Crippen LogP contribution in [-0.4, -0.2) is 110 Å². The van der Waals surface area contributed by atoms with Crippen molar-refractivity contribution in [2.45, 2.75) is 83.2 Å². The zero-order valence-electron chi connectivity index (χ0n) is 32.9. The predicted molar refractivity (Wildman–Crippen MR) is 221 cm³/mol. The molecule has 9 rings (SSSR count). The lowest BCUT2D eigenvalue weighted by molar-refractivity contribution is 0.00578. The van der Waals surface area contributed by atoms with E-state index in [1.165, 1.54) is 0 Å². The molecule has 0 spiro atoms. The van der Waals surface area contributed by atoms with E-state index in [4.69, 9.17) is 47.7 Å². The van der Waals surface area contributed by atoms with E-state index >= 15 is 0 Å². The van der Waals surface area contributed by atoms with E-state index in [-0.39, 0.29) is 18.6 Å². The summed E-state index contributed by atoms with van der Waals surface area (Å²) in [5.41, 5.74) is 5.18. The van der Waals surface area contributed by atoms with Crippen LogP contribution < -0.4 is 15.4 Å². The molecule has 1 amide bonds. The third-order valence-corrected chi connectivity index (χ3v) is 13.4.